The number of fused-ring (bicyclic) bond motifs is 1. The third kappa shape index (κ3) is 3.23. The van der Waals surface area contributed by atoms with Gasteiger partial charge in [-0.1, -0.05) is 43.3 Å². The van der Waals surface area contributed by atoms with E-state index in [0.717, 1.165) is 25.3 Å². The van der Waals surface area contributed by atoms with Crippen molar-refractivity contribution >= 4 is 10.8 Å². The number of hydrogen-bond acceptors (Lipinski definition) is 2. The zero-order chi connectivity index (χ0) is 12.8. The Kier molecular flexibility index (Phi) is 4.59. The van der Waals surface area contributed by atoms with Gasteiger partial charge in [0.05, 0.1) is 0 Å². The molecule has 0 aromatic heterocycles. The second-order valence-corrected chi connectivity index (χ2v) is 4.61. The summed E-state index contributed by atoms with van der Waals surface area (Å²) in [7, 11) is 0. The van der Waals surface area contributed by atoms with Crippen LogP contribution in [0.2, 0.25) is 0 Å². The van der Waals surface area contributed by atoms with Crippen LogP contribution in [0, 0.1) is 0 Å². The average Bonchev–Trinajstić information content (AvgIpc) is 2.39. The smallest absolute Gasteiger partial charge is 0.127 e. The van der Waals surface area contributed by atoms with Crippen LogP contribution in [0.15, 0.2) is 42.5 Å². The molecule has 18 heavy (non-hydrogen) atoms. The molecule has 0 aliphatic heterocycles. The second-order valence-electron chi connectivity index (χ2n) is 4.61. The van der Waals surface area contributed by atoms with Gasteiger partial charge >= 0.3 is 0 Å². The van der Waals surface area contributed by atoms with E-state index < -0.39 is 0 Å². The van der Waals surface area contributed by atoms with Crippen LogP contribution < -0.4 is 10.1 Å². The van der Waals surface area contributed by atoms with E-state index in [4.69, 9.17) is 4.74 Å². The van der Waals surface area contributed by atoms with E-state index >= 15 is 0 Å². The molecular formula is C16H21NO. The monoisotopic (exact) mass is 243 g/mol. The van der Waals surface area contributed by atoms with Crippen molar-refractivity contribution in [2.45, 2.75) is 26.4 Å². The first-order valence-corrected chi connectivity index (χ1v) is 6.66. The molecule has 2 rings (SSSR count). The summed E-state index contributed by atoms with van der Waals surface area (Å²) in [5.74, 6) is 0.971. The van der Waals surface area contributed by atoms with Crippen molar-refractivity contribution in [3.63, 3.8) is 0 Å². The van der Waals surface area contributed by atoms with E-state index in [1.165, 1.54) is 10.8 Å². The highest BCUT2D eigenvalue weighted by Crippen LogP contribution is 2.25. The standard InChI is InChI=1S/C16H21NO/c1-3-11-17-12-13(2)18-16-10-6-8-14-7-4-5-9-15(14)16/h4-10,13,17H,3,11-12H2,1-2H3. The Morgan fingerprint density at radius 3 is 2.72 bits per heavy atom. The maximum atomic E-state index is 6.01. The highest BCUT2D eigenvalue weighted by molar-refractivity contribution is 5.88. The molecule has 2 aromatic carbocycles. The third-order valence-corrected chi connectivity index (χ3v) is 2.94. The Bertz CT molecular complexity index is 490. The Hall–Kier alpha value is -1.54. The van der Waals surface area contributed by atoms with Crippen LogP contribution in [-0.4, -0.2) is 19.2 Å². The average molecular weight is 243 g/mol. The number of ether oxygens (including phenoxy) is 1. The first-order valence-electron chi connectivity index (χ1n) is 6.66. The summed E-state index contributed by atoms with van der Waals surface area (Å²) in [5.41, 5.74) is 0. The van der Waals surface area contributed by atoms with Gasteiger partial charge in [-0.15, -0.1) is 0 Å². The second kappa shape index (κ2) is 6.41. The Morgan fingerprint density at radius 2 is 1.89 bits per heavy atom. The lowest BCUT2D eigenvalue weighted by Crippen LogP contribution is -2.29. The molecule has 0 spiro atoms. The molecule has 1 atom stereocenters. The molecule has 1 unspecified atom stereocenters. The molecule has 96 valence electrons. The van der Waals surface area contributed by atoms with Crippen molar-refractivity contribution in [1.29, 1.82) is 0 Å². The highest BCUT2D eigenvalue weighted by atomic mass is 16.5. The lowest BCUT2D eigenvalue weighted by atomic mass is 10.1. The first kappa shape index (κ1) is 12.9. The molecular weight excluding hydrogens is 222 g/mol. The quantitative estimate of drug-likeness (QED) is 0.783. The van der Waals surface area contributed by atoms with E-state index in [2.05, 4.69) is 49.5 Å². The minimum atomic E-state index is 0.183. The Morgan fingerprint density at radius 1 is 1.11 bits per heavy atom. The third-order valence-electron chi connectivity index (χ3n) is 2.94. The van der Waals surface area contributed by atoms with E-state index in [-0.39, 0.29) is 6.10 Å². The van der Waals surface area contributed by atoms with Crippen LogP contribution in [0.25, 0.3) is 10.8 Å². The molecule has 2 aromatic rings. The summed E-state index contributed by atoms with van der Waals surface area (Å²) in [4.78, 5) is 0. The molecule has 0 fully saturated rings. The van der Waals surface area contributed by atoms with E-state index in [0.29, 0.717) is 0 Å². The minimum Gasteiger partial charge on any atom is -0.489 e. The Labute approximate surface area is 109 Å². The van der Waals surface area contributed by atoms with Crippen LogP contribution in [0.3, 0.4) is 0 Å². The maximum absolute atomic E-state index is 6.01. The van der Waals surface area contributed by atoms with Crippen molar-refractivity contribution in [3.8, 4) is 5.75 Å². The van der Waals surface area contributed by atoms with Gasteiger partial charge in [-0.25, -0.2) is 0 Å². The van der Waals surface area contributed by atoms with Crippen LogP contribution in [0.5, 0.6) is 5.75 Å². The zero-order valence-electron chi connectivity index (χ0n) is 11.1. The predicted molar refractivity (Wildman–Crippen MR) is 77.2 cm³/mol. The van der Waals surface area contributed by atoms with Gasteiger partial charge in [-0.05, 0) is 31.3 Å². The van der Waals surface area contributed by atoms with Gasteiger partial charge in [-0.2, -0.15) is 0 Å². The fourth-order valence-electron chi connectivity index (χ4n) is 2.04. The van der Waals surface area contributed by atoms with Gasteiger partial charge in [0.15, 0.2) is 0 Å². The summed E-state index contributed by atoms with van der Waals surface area (Å²) in [6.45, 7) is 6.20. The SMILES string of the molecule is CCCNCC(C)Oc1cccc2ccccc12. The van der Waals surface area contributed by atoms with Gasteiger partial charge in [-0.3, -0.25) is 0 Å². The van der Waals surface area contributed by atoms with Crippen molar-refractivity contribution in [2.75, 3.05) is 13.1 Å². The molecule has 0 aliphatic rings. The van der Waals surface area contributed by atoms with Crippen LogP contribution in [0.4, 0.5) is 0 Å². The summed E-state index contributed by atoms with van der Waals surface area (Å²) < 4.78 is 6.01. The van der Waals surface area contributed by atoms with Gasteiger partial charge < -0.3 is 10.1 Å². The fraction of sp³-hybridized carbons (Fsp3) is 0.375. The van der Waals surface area contributed by atoms with Crippen molar-refractivity contribution in [1.82, 2.24) is 5.32 Å². The van der Waals surface area contributed by atoms with Gasteiger partial charge in [0.2, 0.25) is 0 Å². The largest absolute Gasteiger partial charge is 0.489 e. The van der Waals surface area contributed by atoms with E-state index in [1.54, 1.807) is 0 Å². The van der Waals surface area contributed by atoms with Crippen LogP contribution in [-0.2, 0) is 0 Å². The van der Waals surface area contributed by atoms with Gasteiger partial charge in [0.1, 0.15) is 11.9 Å². The number of nitrogens with one attached hydrogen (secondary N) is 1. The van der Waals surface area contributed by atoms with Crippen molar-refractivity contribution in [3.05, 3.63) is 42.5 Å². The summed E-state index contributed by atoms with van der Waals surface area (Å²) >= 11 is 0. The summed E-state index contributed by atoms with van der Waals surface area (Å²) in [6.07, 6.45) is 1.34. The Balaban J connectivity index is 2.07. The molecule has 0 saturated carbocycles. The molecule has 2 nitrogen and oxygen atoms in total. The number of hydrogen-bond donors (Lipinski definition) is 1. The lowest BCUT2D eigenvalue weighted by molar-refractivity contribution is 0.220. The number of benzene rings is 2. The highest BCUT2D eigenvalue weighted by Gasteiger charge is 2.06. The summed E-state index contributed by atoms with van der Waals surface area (Å²) in [6, 6.07) is 14.5. The maximum Gasteiger partial charge on any atom is 0.127 e. The number of rotatable bonds is 6. The van der Waals surface area contributed by atoms with Crippen molar-refractivity contribution in [2.24, 2.45) is 0 Å². The lowest BCUT2D eigenvalue weighted by Gasteiger charge is -2.16. The fourth-order valence-corrected chi connectivity index (χ4v) is 2.04. The van der Waals surface area contributed by atoms with Crippen molar-refractivity contribution < 1.29 is 4.74 Å². The van der Waals surface area contributed by atoms with Gasteiger partial charge in [0.25, 0.3) is 0 Å². The zero-order valence-corrected chi connectivity index (χ0v) is 11.1. The summed E-state index contributed by atoms with van der Waals surface area (Å²) in [5, 5.41) is 5.79. The van der Waals surface area contributed by atoms with Gasteiger partial charge in [0, 0.05) is 11.9 Å². The molecule has 0 saturated heterocycles. The van der Waals surface area contributed by atoms with Crippen LogP contribution in [0.1, 0.15) is 20.3 Å². The molecule has 0 amide bonds. The van der Waals surface area contributed by atoms with E-state index in [9.17, 15) is 0 Å². The molecule has 0 heterocycles. The normalized spacial score (nSPS) is 12.6. The van der Waals surface area contributed by atoms with E-state index in [1.807, 2.05) is 12.1 Å². The molecule has 0 aliphatic carbocycles. The molecule has 0 radical (unpaired) electrons. The predicted octanol–water partition coefficient (Wildman–Crippen LogP) is 3.61. The first-order chi connectivity index (χ1) is 8.81. The molecule has 2 heteroatoms. The molecule has 0 bridgehead atoms. The molecule has 1 N–H and O–H groups in total. The minimum absolute atomic E-state index is 0.183. The van der Waals surface area contributed by atoms with Crippen LogP contribution >= 0.6 is 0 Å². The topological polar surface area (TPSA) is 21.3 Å².